The van der Waals surface area contributed by atoms with Crippen LogP contribution in [0.5, 0.6) is 0 Å². The van der Waals surface area contributed by atoms with Gasteiger partial charge >= 0.3 is 0 Å². The first kappa shape index (κ1) is 9.73. The highest BCUT2D eigenvalue weighted by Gasteiger charge is 2.08. The lowest BCUT2D eigenvalue weighted by atomic mass is 10.2. The second kappa shape index (κ2) is 3.61. The molecule has 4 rings (SSSR count). The Bertz CT molecular complexity index is 833. The zero-order valence-corrected chi connectivity index (χ0v) is 10.1. The Morgan fingerprint density at radius 3 is 3.00 bits per heavy atom. The average molecular weight is 252 g/mol. The maximum atomic E-state index is 4.48. The van der Waals surface area contributed by atoms with E-state index in [9.17, 15) is 0 Å². The van der Waals surface area contributed by atoms with Gasteiger partial charge in [-0.1, -0.05) is 0 Å². The molecule has 4 aromatic heterocycles. The topological polar surface area (TPSA) is 43.1 Å². The van der Waals surface area contributed by atoms with E-state index in [-0.39, 0.29) is 0 Å². The summed E-state index contributed by atoms with van der Waals surface area (Å²) in [6.45, 7) is 0. The number of rotatable bonds is 1. The molecular formula is C13H8N4S. The van der Waals surface area contributed by atoms with Crippen molar-refractivity contribution in [3.63, 3.8) is 0 Å². The summed E-state index contributed by atoms with van der Waals surface area (Å²) in [7, 11) is 0. The van der Waals surface area contributed by atoms with E-state index in [4.69, 9.17) is 0 Å². The van der Waals surface area contributed by atoms with Crippen molar-refractivity contribution in [2.45, 2.75) is 0 Å². The molecule has 86 valence electrons. The zero-order chi connectivity index (χ0) is 11.9. The highest BCUT2D eigenvalue weighted by molar-refractivity contribution is 7.08. The fourth-order valence-corrected chi connectivity index (χ4v) is 2.67. The van der Waals surface area contributed by atoms with Gasteiger partial charge in [0, 0.05) is 24.2 Å². The summed E-state index contributed by atoms with van der Waals surface area (Å²) in [6.07, 6.45) is 5.62. The van der Waals surface area contributed by atoms with Gasteiger partial charge in [0.05, 0.1) is 0 Å². The van der Waals surface area contributed by atoms with Crippen molar-refractivity contribution in [2.75, 3.05) is 0 Å². The van der Waals surface area contributed by atoms with E-state index in [1.54, 1.807) is 22.0 Å². The van der Waals surface area contributed by atoms with Gasteiger partial charge < -0.3 is 0 Å². The molecule has 4 heterocycles. The number of aromatic nitrogens is 4. The highest BCUT2D eigenvalue weighted by Crippen LogP contribution is 2.23. The Morgan fingerprint density at radius 1 is 1.11 bits per heavy atom. The minimum absolute atomic E-state index is 0.796. The van der Waals surface area contributed by atoms with Crippen molar-refractivity contribution < 1.29 is 0 Å². The lowest BCUT2D eigenvalue weighted by molar-refractivity contribution is 0.959. The predicted octanol–water partition coefficient (Wildman–Crippen LogP) is 3.01. The van der Waals surface area contributed by atoms with Crippen molar-refractivity contribution in [1.82, 2.24) is 19.6 Å². The molecule has 0 radical (unpaired) electrons. The van der Waals surface area contributed by atoms with Crippen LogP contribution in [0.4, 0.5) is 0 Å². The van der Waals surface area contributed by atoms with Gasteiger partial charge in [-0.15, -0.1) is 0 Å². The normalized spacial score (nSPS) is 11.3. The summed E-state index contributed by atoms with van der Waals surface area (Å²) in [5.41, 5.74) is 4.74. The van der Waals surface area contributed by atoms with E-state index in [1.807, 2.05) is 24.5 Å². The first-order chi connectivity index (χ1) is 8.92. The van der Waals surface area contributed by atoms with E-state index in [1.165, 1.54) is 5.56 Å². The molecule has 0 amide bonds. The van der Waals surface area contributed by atoms with Crippen molar-refractivity contribution in [2.24, 2.45) is 0 Å². The quantitative estimate of drug-likeness (QED) is 0.523. The van der Waals surface area contributed by atoms with Crippen molar-refractivity contribution in [3.05, 3.63) is 47.5 Å². The van der Waals surface area contributed by atoms with Gasteiger partial charge in [-0.25, -0.2) is 9.50 Å². The summed E-state index contributed by atoms with van der Waals surface area (Å²) in [6, 6.07) is 5.91. The number of hydrogen-bond donors (Lipinski definition) is 0. The summed E-state index contributed by atoms with van der Waals surface area (Å²) in [5, 5.41) is 8.64. The number of thiophene rings is 1. The minimum atomic E-state index is 0.796. The third kappa shape index (κ3) is 1.34. The number of fused-ring (bicyclic) bond motifs is 3. The Labute approximate surface area is 107 Å². The maximum Gasteiger partial charge on any atom is 0.181 e. The van der Waals surface area contributed by atoms with Crippen LogP contribution in [0.15, 0.2) is 47.5 Å². The molecule has 0 aliphatic carbocycles. The van der Waals surface area contributed by atoms with Crippen LogP contribution in [-0.4, -0.2) is 19.6 Å². The molecule has 18 heavy (non-hydrogen) atoms. The maximum absolute atomic E-state index is 4.48. The summed E-state index contributed by atoms with van der Waals surface area (Å²) in [5.74, 6) is 0. The average Bonchev–Trinajstić information content (AvgIpc) is 3.05. The van der Waals surface area contributed by atoms with Crippen LogP contribution in [0.1, 0.15) is 0 Å². The van der Waals surface area contributed by atoms with E-state index in [0.29, 0.717) is 0 Å². The number of hydrogen-bond acceptors (Lipinski definition) is 4. The van der Waals surface area contributed by atoms with Crippen LogP contribution in [0.25, 0.3) is 27.8 Å². The van der Waals surface area contributed by atoms with E-state index in [0.717, 1.165) is 22.2 Å². The van der Waals surface area contributed by atoms with Crippen LogP contribution in [-0.2, 0) is 0 Å². The Balaban J connectivity index is 2.04. The molecule has 5 heteroatoms. The van der Waals surface area contributed by atoms with Crippen LogP contribution < -0.4 is 0 Å². The molecule has 4 nitrogen and oxygen atoms in total. The van der Waals surface area contributed by atoms with Crippen molar-refractivity contribution >= 4 is 28.0 Å². The molecule has 0 N–H and O–H groups in total. The molecule has 0 fully saturated rings. The van der Waals surface area contributed by atoms with E-state index in [2.05, 4.69) is 31.9 Å². The smallest absolute Gasteiger partial charge is 0.181 e. The van der Waals surface area contributed by atoms with Crippen LogP contribution in [0, 0.1) is 0 Å². The number of nitrogens with zero attached hydrogens (tertiary/aromatic N) is 4. The standard InChI is InChI=1S/C13H8N4S/c1-2-11-12(14-4-1)13-15-6-10(7-17(13)16-11)9-3-5-18-8-9/h1-8H. The minimum Gasteiger partial charge on any atom is -0.251 e. The first-order valence-corrected chi connectivity index (χ1v) is 6.48. The fraction of sp³-hybridized carbons (Fsp3) is 0. The van der Waals surface area contributed by atoms with Crippen LogP contribution >= 0.6 is 11.3 Å². The molecule has 0 atom stereocenters. The van der Waals surface area contributed by atoms with Gasteiger partial charge in [-0.2, -0.15) is 16.4 Å². The fourth-order valence-electron chi connectivity index (χ4n) is 2.01. The Morgan fingerprint density at radius 2 is 2.11 bits per heavy atom. The number of pyridine rings is 1. The molecule has 0 spiro atoms. The molecule has 0 aliphatic rings. The predicted molar refractivity (Wildman–Crippen MR) is 71.6 cm³/mol. The third-order valence-electron chi connectivity index (χ3n) is 2.87. The van der Waals surface area contributed by atoms with E-state index < -0.39 is 0 Å². The molecular weight excluding hydrogens is 244 g/mol. The van der Waals surface area contributed by atoms with Gasteiger partial charge in [0.15, 0.2) is 5.65 Å². The monoisotopic (exact) mass is 252 g/mol. The summed E-state index contributed by atoms with van der Waals surface area (Å²) >= 11 is 1.68. The summed E-state index contributed by atoms with van der Waals surface area (Å²) in [4.78, 5) is 8.79. The van der Waals surface area contributed by atoms with E-state index >= 15 is 0 Å². The molecule has 0 bridgehead atoms. The van der Waals surface area contributed by atoms with Crippen molar-refractivity contribution in [1.29, 1.82) is 0 Å². The van der Waals surface area contributed by atoms with Gasteiger partial charge in [0.25, 0.3) is 0 Å². The second-order valence-corrected chi connectivity index (χ2v) is 4.77. The molecule has 0 saturated carbocycles. The Kier molecular flexibility index (Phi) is 1.95. The molecule has 0 aliphatic heterocycles. The third-order valence-corrected chi connectivity index (χ3v) is 3.56. The van der Waals surface area contributed by atoms with Crippen LogP contribution in [0.2, 0.25) is 0 Å². The van der Waals surface area contributed by atoms with Gasteiger partial charge in [0.2, 0.25) is 0 Å². The van der Waals surface area contributed by atoms with Crippen LogP contribution in [0.3, 0.4) is 0 Å². The zero-order valence-electron chi connectivity index (χ0n) is 9.32. The van der Waals surface area contributed by atoms with Gasteiger partial charge in [-0.05, 0) is 34.5 Å². The molecule has 0 saturated heterocycles. The lowest BCUT2D eigenvalue weighted by Crippen LogP contribution is -1.90. The highest BCUT2D eigenvalue weighted by atomic mass is 32.1. The largest absolute Gasteiger partial charge is 0.251 e. The molecule has 0 unspecified atom stereocenters. The first-order valence-electron chi connectivity index (χ1n) is 5.53. The van der Waals surface area contributed by atoms with Crippen molar-refractivity contribution in [3.8, 4) is 11.1 Å². The SMILES string of the molecule is c1cnc2c(c1)nn1cc(-c3ccsc3)cnc21. The summed E-state index contributed by atoms with van der Waals surface area (Å²) < 4.78 is 1.80. The van der Waals surface area contributed by atoms with Gasteiger partial charge in [0.1, 0.15) is 11.0 Å². The second-order valence-electron chi connectivity index (χ2n) is 3.99. The Hall–Kier alpha value is -2.27. The molecule has 0 aromatic carbocycles. The lowest BCUT2D eigenvalue weighted by Gasteiger charge is -1.97. The van der Waals surface area contributed by atoms with Gasteiger partial charge in [-0.3, -0.25) is 4.98 Å². The molecule has 4 aromatic rings.